The van der Waals surface area contributed by atoms with E-state index in [1.807, 2.05) is 18.2 Å². The van der Waals surface area contributed by atoms with Crippen LogP contribution in [0.5, 0.6) is 0 Å². The third-order valence-electron chi connectivity index (χ3n) is 4.34. The molecule has 1 aromatic carbocycles. The standard InChI is InChI=1S/C17H22N4O3S/c1-14-7-9-21(10-8-14)25(23,24)17-12-20(13-18-17)11-16(22)19-15-5-3-2-4-6-15/h2-6,12-14H,7-11H2,1H3,(H,19,22). The predicted octanol–water partition coefficient (Wildman–Crippen LogP) is 1.94. The fourth-order valence-electron chi connectivity index (χ4n) is 2.80. The zero-order valence-electron chi connectivity index (χ0n) is 14.1. The highest BCUT2D eigenvalue weighted by atomic mass is 32.2. The van der Waals surface area contributed by atoms with Gasteiger partial charge < -0.3 is 9.88 Å². The van der Waals surface area contributed by atoms with Crippen LogP contribution in [-0.2, 0) is 21.4 Å². The largest absolute Gasteiger partial charge is 0.327 e. The minimum Gasteiger partial charge on any atom is -0.327 e. The van der Waals surface area contributed by atoms with E-state index in [0.717, 1.165) is 12.8 Å². The van der Waals surface area contributed by atoms with Crippen LogP contribution in [0.3, 0.4) is 0 Å². The number of piperidine rings is 1. The Morgan fingerprint density at radius 2 is 1.92 bits per heavy atom. The van der Waals surface area contributed by atoms with Gasteiger partial charge in [0.1, 0.15) is 6.54 Å². The number of carbonyl (C=O) groups is 1. The van der Waals surface area contributed by atoms with Gasteiger partial charge >= 0.3 is 0 Å². The van der Waals surface area contributed by atoms with Crippen LogP contribution < -0.4 is 5.32 Å². The van der Waals surface area contributed by atoms with E-state index in [0.29, 0.717) is 24.7 Å². The molecule has 25 heavy (non-hydrogen) atoms. The molecule has 0 bridgehead atoms. The Morgan fingerprint density at radius 1 is 1.24 bits per heavy atom. The fourth-order valence-corrected chi connectivity index (χ4v) is 4.21. The fraction of sp³-hybridized carbons (Fsp3) is 0.412. The van der Waals surface area contributed by atoms with Crippen molar-refractivity contribution in [3.8, 4) is 0 Å². The lowest BCUT2D eigenvalue weighted by Crippen LogP contribution is -2.38. The third-order valence-corrected chi connectivity index (χ3v) is 6.12. The Labute approximate surface area is 147 Å². The predicted molar refractivity (Wildman–Crippen MR) is 94.5 cm³/mol. The summed E-state index contributed by atoms with van der Waals surface area (Å²) < 4.78 is 28.2. The maximum absolute atomic E-state index is 12.6. The van der Waals surface area contributed by atoms with Crippen molar-refractivity contribution < 1.29 is 13.2 Å². The number of sulfonamides is 1. The van der Waals surface area contributed by atoms with Crippen LogP contribution in [0.2, 0.25) is 0 Å². The van der Waals surface area contributed by atoms with Gasteiger partial charge in [0.25, 0.3) is 10.0 Å². The van der Waals surface area contributed by atoms with Crippen molar-refractivity contribution in [1.29, 1.82) is 0 Å². The van der Waals surface area contributed by atoms with Gasteiger partial charge in [-0.2, -0.15) is 4.31 Å². The minimum atomic E-state index is -3.59. The van der Waals surface area contributed by atoms with Crippen LogP contribution in [0, 0.1) is 5.92 Å². The molecule has 1 fully saturated rings. The van der Waals surface area contributed by atoms with E-state index >= 15 is 0 Å². The maximum Gasteiger partial charge on any atom is 0.262 e. The Morgan fingerprint density at radius 3 is 2.60 bits per heavy atom. The molecule has 1 N–H and O–H groups in total. The second kappa shape index (κ2) is 7.37. The van der Waals surface area contributed by atoms with Crippen molar-refractivity contribution in [2.75, 3.05) is 18.4 Å². The molecule has 1 aromatic heterocycles. The summed E-state index contributed by atoms with van der Waals surface area (Å²) in [5.41, 5.74) is 0.697. The quantitative estimate of drug-likeness (QED) is 0.881. The molecule has 1 amide bonds. The van der Waals surface area contributed by atoms with Gasteiger partial charge in [-0.3, -0.25) is 4.79 Å². The summed E-state index contributed by atoms with van der Waals surface area (Å²) in [6.45, 7) is 3.17. The van der Waals surface area contributed by atoms with Gasteiger partial charge in [0.2, 0.25) is 5.91 Å². The van der Waals surface area contributed by atoms with Crippen molar-refractivity contribution in [1.82, 2.24) is 13.9 Å². The van der Waals surface area contributed by atoms with Crippen LogP contribution in [0.4, 0.5) is 5.69 Å². The van der Waals surface area contributed by atoms with Crippen molar-refractivity contribution in [3.63, 3.8) is 0 Å². The van der Waals surface area contributed by atoms with Gasteiger partial charge in [-0.15, -0.1) is 0 Å². The zero-order chi connectivity index (χ0) is 17.9. The molecule has 1 aliphatic heterocycles. The lowest BCUT2D eigenvalue weighted by molar-refractivity contribution is -0.116. The first-order valence-electron chi connectivity index (χ1n) is 8.32. The molecular weight excluding hydrogens is 340 g/mol. The number of rotatable bonds is 5. The number of nitrogens with one attached hydrogen (secondary N) is 1. The van der Waals surface area contributed by atoms with E-state index in [1.54, 1.807) is 12.1 Å². The van der Waals surface area contributed by atoms with Crippen LogP contribution in [0.25, 0.3) is 0 Å². The number of anilines is 1. The van der Waals surface area contributed by atoms with E-state index in [1.165, 1.54) is 21.4 Å². The number of amides is 1. The Kier molecular flexibility index (Phi) is 5.19. The molecule has 1 aliphatic rings. The minimum absolute atomic E-state index is 0.00503. The van der Waals surface area contributed by atoms with E-state index < -0.39 is 10.0 Å². The van der Waals surface area contributed by atoms with Gasteiger partial charge in [-0.25, -0.2) is 13.4 Å². The summed E-state index contributed by atoms with van der Waals surface area (Å²) in [6, 6.07) is 9.11. The molecule has 0 saturated carbocycles. The van der Waals surface area contributed by atoms with Gasteiger partial charge in [0.15, 0.2) is 5.03 Å². The Hall–Kier alpha value is -2.19. The highest BCUT2D eigenvalue weighted by Gasteiger charge is 2.29. The highest BCUT2D eigenvalue weighted by molar-refractivity contribution is 7.89. The Balaban J connectivity index is 1.64. The first-order valence-corrected chi connectivity index (χ1v) is 9.76. The Bertz CT molecular complexity index is 825. The molecule has 0 radical (unpaired) electrons. The number of imidazole rings is 1. The summed E-state index contributed by atoms with van der Waals surface area (Å²) in [4.78, 5) is 16.1. The highest BCUT2D eigenvalue weighted by Crippen LogP contribution is 2.22. The third kappa shape index (κ3) is 4.26. The number of nitrogens with zero attached hydrogens (tertiary/aromatic N) is 3. The molecule has 7 nitrogen and oxygen atoms in total. The summed E-state index contributed by atoms with van der Waals surface area (Å²) in [5.74, 6) is 0.310. The molecular formula is C17H22N4O3S. The van der Waals surface area contributed by atoms with E-state index in [4.69, 9.17) is 0 Å². The SMILES string of the molecule is CC1CCN(S(=O)(=O)c2cn(CC(=O)Nc3ccccc3)cn2)CC1. The number of carbonyl (C=O) groups excluding carboxylic acids is 1. The van der Waals surface area contributed by atoms with Crippen LogP contribution in [-0.4, -0.2) is 41.3 Å². The smallest absolute Gasteiger partial charge is 0.262 e. The number of para-hydroxylation sites is 1. The molecule has 2 aromatic rings. The summed E-state index contributed by atoms with van der Waals surface area (Å²) in [5, 5.41) is 2.75. The van der Waals surface area contributed by atoms with E-state index in [-0.39, 0.29) is 17.5 Å². The van der Waals surface area contributed by atoms with Gasteiger partial charge in [0, 0.05) is 25.0 Å². The lowest BCUT2D eigenvalue weighted by atomic mass is 10.0. The van der Waals surface area contributed by atoms with Crippen LogP contribution in [0.1, 0.15) is 19.8 Å². The second-order valence-electron chi connectivity index (χ2n) is 6.39. The summed E-state index contributed by atoms with van der Waals surface area (Å²) in [6.07, 6.45) is 4.51. The van der Waals surface area contributed by atoms with E-state index in [9.17, 15) is 13.2 Å². The second-order valence-corrected chi connectivity index (χ2v) is 8.27. The van der Waals surface area contributed by atoms with Crippen LogP contribution >= 0.6 is 0 Å². The van der Waals surface area contributed by atoms with Crippen molar-refractivity contribution in [2.45, 2.75) is 31.3 Å². The maximum atomic E-state index is 12.6. The summed E-state index contributed by atoms with van der Waals surface area (Å²) >= 11 is 0. The van der Waals surface area contributed by atoms with Crippen LogP contribution in [0.15, 0.2) is 47.9 Å². The molecule has 2 heterocycles. The number of benzene rings is 1. The van der Waals surface area contributed by atoms with Crippen molar-refractivity contribution in [3.05, 3.63) is 42.9 Å². The number of aromatic nitrogens is 2. The van der Waals surface area contributed by atoms with Gasteiger partial charge in [-0.05, 0) is 30.9 Å². The topological polar surface area (TPSA) is 84.3 Å². The molecule has 0 atom stereocenters. The molecule has 3 rings (SSSR count). The molecule has 0 unspecified atom stereocenters. The molecule has 1 saturated heterocycles. The van der Waals surface area contributed by atoms with Gasteiger partial charge in [-0.1, -0.05) is 25.1 Å². The zero-order valence-corrected chi connectivity index (χ0v) is 14.9. The first kappa shape index (κ1) is 17.6. The monoisotopic (exact) mass is 362 g/mol. The lowest BCUT2D eigenvalue weighted by Gasteiger charge is -2.28. The molecule has 0 spiro atoms. The normalized spacial score (nSPS) is 16.7. The average Bonchev–Trinajstić information content (AvgIpc) is 3.05. The van der Waals surface area contributed by atoms with Crippen molar-refractivity contribution >= 4 is 21.6 Å². The van der Waals surface area contributed by atoms with E-state index in [2.05, 4.69) is 17.2 Å². The van der Waals surface area contributed by atoms with Crippen molar-refractivity contribution in [2.24, 2.45) is 5.92 Å². The molecule has 134 valence electrons. The molecule has 8 heteroatoms. The molecule has 0 aliphatic carbocycles. The summed E-state index contributed by atoms with van der Waals surface area (Å²) in [7, 11) is -3.59. The first-order chi connectivity index (χ1) is 11.9. The number of hydrogen-bond donors (Lipinski definition) is 1. The van der Waals surface area contributed by atoms with Gasteiger partial charge in [0.05, 0.1) is 6.33 Å². The number of hydrogen-bond acceptors (Lipinski definition) is 4. The average molecular weight is 362 g/mol.